The molecule has 0 aromatic rings. The fourth-order valence-corrected chi connectivity index (χ4v) is 1.93. The number of hydrogen-bond donors (Lipinski definition) is 4. The first-order valence-corrected chi connectivity index (χ1v) is 6.52. The Morgan fingerprint density at radius 2 is 1.90 bits per heavy atom. The van der Waals surface area contributed by atoms with Crippen LogP contribution in [0, 0.1) is 0 Å². The molecule has 0 saturated carbocycles. The van der Waals surface area contributed by atoms with E-state index in [4.69, 9.17) is 4.74 Å². The van der Waals surface area contributed by atoms with Gasteiger partial charge in [0.2, 0.25) is 16.3 Å². The van der Waals surface area contributed by atoms with E-state index in [9.17, 15) is 33.1 Å². The van der Waals surface area contributed by atoms with Gasteiger partial charge < -0.3 is 29.9 Å². The fraction of sp³-hybridized carbons (Fsp3) is 0.875. The van der Waals surface area contributed by atoms with Gasteiger partial charge in [0.1, 0.15) is 24.4 Å². The van der Waals surface area contributed by atoms with Crippen LogP contribution in [0.25, 0.3) is 0 Å². The Morgan fingerprint density at radius 1 is 1.35 bits per heavy atom. The van der Waals surface area contributed by atoms with Crippen molar-refractivity contribution in [2.75, 3.05) is 6.61 Å². The predicted molar refractivity (Wildman–Crippen MR) is 56.1 cm³/mol. The summed E-state index contributed by atoms with van der Waals surface area (Å²) in [7, 11) is -4.99. The van der Waals surface area contributed by atoms with Crippen LogP contribution in [0.15, 0.2) is 0 Å². The number of carbonyl (C=O) groups is 1. The Kier molecular flexibility index (Phi) is 8.05. The minimum absolute atomic E-state index is 0. The molecule has 0 aromatic carbocycles. The second kappa shape index (κ2) is 7.98. The van der Waals surface area contributed by atoms with E-state index in [0.29, 0.717) is 0 Å². The third kappa shape index (κ3) is 5.89. The molecule has 0 aliphatic carbocycles. The number of carbonyl (C=O) groups excluding carboxylic acids is 1. The summed E-state index contributed by atoms with van der Waals surface area (Å²) in [4.78, 5) is 10.8. The molecule has 0 radical (unpaired) electrons. The molecule has 112 valence electrons. The summed E-state index contributed by atoms with van der Waals surface area (Å²) in [6.07, 6.45) is -6.39. The molecule has 1 rings (SSSR count). The molecule has 1 aliphatic rings. The van der Waals surface area contributed by atoms with Gasteiger partial charge in [-0.25, -0.2) is 8.42 Å². The zero-order valence-electron chi connectivity index (χ0n) is 10.8. The van der Waals surface area contributed by atoms with Crippen molar-refractivity contribution in [3.63, 3.8) is 0 Å². The number of hydrogen-bond acceptors (Lipinski definition) is 9. The van der Waals surface area contributed by atoms with Gasteiger partial charge in [0.15, 0.2) is 6.29 Å². The van der Waals surface area contributed by atoms with Crippen molar-refractivity contribution in [1.29, 1.82) is 0 Å². The molecule has 1 heterocycles. The Labute approximate surface area is 137 Å². The van der Waals surface area contributed by atoms with Crippen LogP contribution < -0.4 is 34.9 Å². The maximum Gasteiger partial charge on any atom is 1.00 e. The van der Waals surface area contributed by atoms with Gasteiger partial charge in [-0.2, -0.15) is 0 Å². The normalized spacial score (nSPS) is 34.1. The van der Waals surface area contributed by atoms with Gasteiger partial charge >= 0.3 is 29.6 Å². The minimum Gasteiger partial charge on any atom is -0.726 e. The molecule has 10 nitrogen and oxygen atoms in total. The molecule has 1 amide bonds. The average Bonchev–Trinajstić information content (AvgIpc) is 2.26. The van der Waals surface area contributed by atoms with Gasteiger partial charge in [0.05, 0.1) is 6.61 Å². The first-order chi connectivity index (χ1) is 8.61. The summed E-state index contributed by atoms with van der Waals surface area (Å²) < 4.78 is 39.4. The second-order valence-electron chi connectivity index (χ2n) is 3.97. The molecule has 1 fully saturated rings. The smallest absolute Gasteiger partial charge is 0.726 e. The van der Waals surface area contributed by atoms with Crippen molar-refractivity contribution >= 4 is 16.3 Å². The molecule has 12 heteroatoms. The number of aliphatic hydroxyl groups excluding tert-OH is 3. The van der Waals surface area contributed by atoms with Crippen molar-refractivity contribution in [3.8, 4) is 0 Å². The van der Waals surface area contributed by atoms with Crippen LogP contribution in [-0.2, 0) is 24.1 Å². The Morgan fingerprint density at radius 3 is 2.35 bits per heavy atom. The number of amides is 1. The SMILES string of the molecule is CC(=O)N[C@H]1[C@@H](O)[C@H](O)C(COS(=O)(=O)[O-])O[C@H]1O.[Na+]. The Balaban J connectivity index is 0.00000361. The zero-order valence-corrected chi connectivity index (χ0v) is 13.6. The summed E-state index contributed by atoms with van der Waals surface area (Å²) in [5, 5.41) is 31.0. The molecule has 1 saturated heterocycles. The van der Waals surface area contributed by atoms with Gasteiger partial charge in [-0.05, 0) is 0 Å². The van der Waals surface area contributed by atoms with Crippen molar-refractivity contribution in [2.45, 2.75) is 37.6 Å². The summed E-state index contributed by atoms with van der Waals surface area (Å²) in [5.41, 5.74) is 0. The molecule has 0 aromatic heterocycles. The third-order valence-electron chi connectivity index (χ3n) is 2.47. The summed E-state index contributed by atoms with van der Waals surface area (Å²) in [6, 6.07) is -1.28. The quantitative estimate of drug-likeness (QED) is 0.223. The summed E-state index contributed by atoms with van der Waals surface area (Å²) in [6.45, 7) is 0.263. The predicted octanol–water partition coefficient (Wildman–Crippen LogP) is -6.59. The van der Waals surface area contributed by atoms with E-state index in [1.54, 1.807) is 0 Å². The van der Waals surface area contributed by atoms with Gasteiger partial charge in [0, 0.05) is 6.92 Å². The first-order valence-electron chi connectivity index (χ1n) is 5.19. The largest absolute Gasteiger partial charge is 1.00 e. The molecule has 20 heavy (non-hydrogen) atoms. The van der Waals surface area contributed by atoms with E-state index in [-0.39, 0.29) is 29.6 Å². The maximum atomic E-state index is 10.8. The number of ether oxygens (including phenoxy) is 1. The van der Waals surface area contributed by atoms with E-state index < -0.39 is 53.6 Å². The van der Waals surface area contributed by atoms with Crippen LogP contribution in [0.1, 0.15) is 6.92 Å². The molecule has 4 N–H and O–H groups in total. The molecule has 1 unspecified atom stereocenters. The number of rotatable bonds is 4. The molecular weight excluding hydrogens is 309 g/mol. The van der Waals surface area contributed by atoms with Gasteiger partial charge in [-0.3, -0.25) is 8.98 Å². The van der Waals surface area contributed by atoms with Crippen LogP contribution in [0.4, 0.5) is 0 Å². The number of aliphatic hydroxyl groups is 3. The zero-order chi connectivity index (χ0) is 14.8. The summed E-state index contributed by atoms with van der Waals surface area (Å²) in [5.74, 6) is -0.573. The van der Waals surface area contributed by atoms with Crippen molar-refractivity contribution in [2.24, 2.45) is 0 Å². The first kappa shape index (κ1) is 20.2. The van der Waals surface area contributed by atoms with Crippen molar-refractivity contribution in [1.82, 2.24) is 5.32 Å². The fourth-order valence-electron chi connectivity index (χ4n) is 1.62. The second-order valence-corrected chi connectivity index (χ2v) is 5.02. The van der Waals surface area contributed by atoms with E-state index >= 15 is 0 Å². The Hall–Kier alpha value is 0.180. The van der Waals surface area contributed by atoms with E-state index in [2.05, 4.69) is 9.50 Å². The van der Waals surface area contributed by atoms with Crippen molar-refractivity contribution < 1.29 is 71.6 Å². The molecule has 0 spiro atoms. The van der Waals surface area contributed by atoms with Gasteiger partial charge in [-0.1, -0.05) is 0 Å². The van der Waals surface area contributed by atoms with Gasteiger partial charge in [-0.15, -0.1) is 0 Å². The third-order valence-corrected chi connectivity index (χ3v) is 2.89. The monoisotopic (exact) mass is 323 g/mol. The van der Waals surface area contributed by atoms with Crippen LogP contribution in [-0.4, -0.2) is 71.4 Å². The summed E-state index contributed by atoms with van der Waals surface area (Å²) >= 11 is 0. The topological polar surface area (TPSA) is 165 Å². The van der Waals surface area contributed by atoms with Crippen LogP contribution in [0.3, 0.4) is 0 Å². The Bertz CT molecular complexity index is 430. The van der Waals surface area contributed by atoms with Crippen LogP contribution in [0.5, 0.6) is 0 Å². The maximum absolute atomic E-state index is 10.8. The van der Waals surface area contributed by atoms with E-state index in [1.165, 1.54) is 0 Å². The number of nitrogens with one attached hydrogen (secondary N) is 1. The van der Waals surface area contributed by atoms with Crippen molar-refractivity contribution in [3.05, 3.63) is 0 Å². The van der Waals surface area contributed by atoms with E-state index in [1.807, 2.05) is 0 Å². The van der Waals surface area contributed by atoms with Crippen LogP contribution in [0.2, 0.25) is 0 Å². The van der Waals surface area contributed by atoms with Crippen LogP contribution >= 0.6 is 0 Å². The molecule has 1 aliphatic heterocycles. The minimum atomic E-state index is -4.99. The van der Waals surface area contributed by atoms with Gasteiger partial charge in [0.25, 0.3) is 0 Å². The molecular formula is C8H14NNaO9S. The van der Waals surface area contributed by atoms with E-state index in [0.717, 1.165) is 6.92 Å². The average molecular weight is 323 g/mol. The molecule has 5 atom stereocenters. The standard InChI is InChI=1S/C8H15NO9S.Na/c1-3(10)9-5-7(12)6(11)4(18-8(5)13)2-17-19(14,15)16;/h4-8,11-13H,2H2,1H3,(H,9,10)(H,14,15,16);/q;+1/p-1/t4?,5-,6+,7+,8+;/m0./s1. The molecule has 0 bridgehead atoms.